The maximum Gasteiger partial charge on any atom is 0.310 e. The number of nitrogens with one attached hydrogen (secondary N) is 1. The van der Waals surface area contributed by atoms with Gasteiger partial charge in [0.15, 0.2) is 5.96 Å². The van der Waals surface area contributed by atoms with Crippen molar-refractivity contribution in [3.63, 3.8) is 0 Å². The van der Waals surface area contributed by atoms with Crippen molar-refractivity contribution in [2.24, 2.45) is 10.9 Å². The van der Waals surface area contributed by atoms with Crippen molar-refractivity contribution in [2.45, 2.75) is 46.6 Å². The molecule has 0 bridgehead atoms. The highest BCUT2D eigenvalue weighted by atomic mass is 16.5. The summed E-state index contributed by atoms with van der Waals surface area (Å²) in [5.41, 5.74) is 0. The quantitative estimate of drug-likeness (QED) is 0.450. The fraction of sp³-hybridized carbons (Fsp3) is 0.765. The molecule has 1 aliphatic heterocycles. The number of rotatable bonds is 7. The van der Waals surface area contributed by atoms with Gasteiger partial charge in [-0.1, -0.05) is 6.92 Å². The molecule has 1 N–H and O–H groups in total. The third kappa shape index (κ3) is 5.44. The number of guanidine groups is 1. The molecule has 8 heteroatoms. The number of esters is 1. The minimum absolute atomic E-state index is 0.0675. The molecule has 2 heterocycles. The van der Waals surface area contributed by atoms with Gasteiger partial charge >= 0.3 is 5.97 Å². The maximum atomic E-state index is 12.0. The van der Waals surface area contributed by atoms with E-state index in [4.69, 9.17) is 9.73 Å². The van der Waals surface area contributed by atoms with E-state index >= 15 is 0 Å². The van der Waals surface area contributed by atoms with Crippen LogP contribution in [0.3, 0.4) is 0 Å². The summed E-state index contributed by atoms with van der Waals surface area (Å²) in [4.78, 5) is 18.9. The van der Waals surface area contributed by atoms with E-state index in [0.29, 0.717) is 19.7 Å². The van der Waals surface area contributed by atoms with Gasteiger partial charge in [0.1, 0.15) is 12.2 Å². The number of nitrogens with zero attached hydrogens (tertiary/aromatic N) is 5. The van der Waals surface area contributed by atoms with Crippen molar-refractivity contribution in [3.8, 4) is 0 Å². The van der Waals surface area contributed by atoms with Gasteiger partial charge in [0, 0.05) is 32.6 Å². The van der Waals surface area contributed by atoms with Crippen molar-refractivity contribution in [2.75, 3.05) is 32.8 Å². The molecule has 1 unspecified atom stereocenters. The summed E-state index contributed by atoms with van der Waals surface area (Å²) < 4.78 is 7.21. The van der Waals surface area contributed by atoms with Crippen LogP contribution in [0.15, 0.2) is 11.3 Å². The Labute approximate surface area is 149 Å². The van der Waals surface area contributed by atoms with Crippen LogP contribution in [0.4, 0.5) is 0 Å². The van der Waals surface area contributed by atoms with Crippen molar-refractivity contribution >= 4 is 11.9 Å². The summed E-state index contributed by atoms with van der Waals surface area (Å²) in [5, 5.41) is 11.4. The third-order valence-corrected chi connectivity index (χ3v) is 4.29. The van der Waals surface area contributed by atoms with Gasteiger partial charge in [0.05, 0.1) is 19.1 Å². The van der Waals surface area contributed by atoms with Gasteiger partial charge in [0.25, 0.3) is 0 Å². The first-order valence-electron chi connectivity index (χ1n) is 9.26. The summed E-state index contributed by atoms with van der Waals surface area (Å²) >= 11 is 0. The van der Waals surface area contributed by atoms with Crippen LogP contribution in [-0.2, 0) is 22.5 Å². The molecule has 0 radical (unpaired) electrons. The first-order valence-corrected chi connectivity index (χ1v) is 9.26. The van der Waals surface area contributed by atoms with Crippen LogP contribution in [0, 0.1) is 5.92 Å². The normalized spacial score (nSPS) is 18.3. The van der Waals surface area contributed by atoms with Gasteiger partial charge in [-0.15, -0.1) is 10.2 Å². The molecule has 0 saturated carbocycles. The highest BCUT2D eigenvalue weighted by Crippen LogP contribution is 2.18. The number of hydrogen-bond acceptors (Lipinski definition) is 5. The Morgan fingerprint density at radius 2 is 2.28 bits per heavy atom. The van der Waals surface area contributed by atoms with Crippen LogP contribution in [0.25, 0.3) is 0 Å². The van der Waals surface area contributed by atoms with E-state index in [1.165, 1.54) is 0 Å². The van der Waals surface area contributed by atoms with Crippen LogP contribution < -0.4 is 5.32 Å². The minimum Gasteiger partial charge on any atom is -0.466 e. The lowest BCUT2D eigenvalue weighted by atomic mass is 9.98. The van der Waals surface area contributed by atoms with E-state index in [1.807, 2.05) is 11.5 Å². The van der Waals surface area contributed by atoms with Crippen molar-refractivity contribution in [3.05, 3.63) is 12.2 Å². The molecule has 1 fully saturated rings. The molecule has 1 aromatic rings. The van der Waals surface area contributed by atoms with Gasteiger partial charge in [-0.05, 0) is 26.7 Å². The lowest BCUT2D eigenvalue weighted by Crippen LogP contribution is -2.48. The molecule has 1 aromatic heterocycles. The fourth-order valence-corrected chi connectivity index (χ4v) is 3.05. The van der Waals surface area contributed by atoms with Crippen LogP contribution in [-0.4, -0.2) is 64.4 Å². The zero-order valence-corrected chi connectivity index (χ0v) is 15.6. The average molecular weight is 350 g/mol. The molecule has 140 valence electrons. The van der Waals surface area contributed by atoms with Gasteiger partial charge in [-0.3, -0.25) is 9.79 Å². The third-order valence-electron chi connectivity index (χ3n) is 4.29. The lowest BCUT2D eigenvalue weighted by molar-refractivity contribution is -0.149. The van der Waals surface area contributed by atoms with E-state index in [0.717, 1.165) is 50.7 Å². The van der Waals surface area contributed by atoms with Crippen molar-refractivity contribution in [1.29, 1.82) is 0 Å². The summed E-state index contributed by atoms with van der Waals surface area (Å²) in [5.74, 6) is 1.67. The first-order chi connectivity index (χ1) is 12.2. The molecular formula is C17H30N6O2. The molecule has 0 aromatic carbocycles. The molecule has 1 aliphatic rings. The number of hydrogen-bond donors (Lipinski definition) is 1. The van der Waals surface area contributed by atoms with Gasteiger partial charge in [0.2, 0.25) is 0 Å². The number of aliphatic imine (C=N–C) groups is 1. The Kier molecular flexibility index (Phi) is 7.69. The van der Waals surface area contributed by atoms with Gasteiger partial charge in [-0.25, -0.2) is 0 Å². The van der Waals surface area contributed by atoms with Crippen LogP contribution in [0.5, 0.6) is 0 Å². The van der Waals surface area contributed by atoms with Crippen molar-refractivity contribution < 1.29 is 9.53 Å². The van der Waals surface area contributed by atoms with E-state index in [2.05, 4.69) is 34.3 Å². The predicted molar refractivity (Wildman–Crippen MR) is 96.3 cm³/mol. The maximum absolute atomic E-state index is 12.0. The second-order valence-electron chi connectivity index (χ2n) is 6.07. The standard InChI is InChI=1S/C17H30N6O2/c1-4-15-21-20-13-23(15)11-9-19-17(18-5-2)22-10-7-8-14(12-22)16(24)25-6-3/h13-14H,4-12H2,1-3H3,(H,18,19). The second-order valence-corrected chi connectivity index (χ2v) is 6.07. The number of carbonyl (C=O) groups is 1. The minimum atomic E-state index is -0.0971. The molecule has 1 atom stereocenters. The molecule has 2 rings (SSSR count). The van der Waals surface area contributed by atoms with Gasteiger partial charge in [-0.2, -0.15) is 0 Å². The average Bonchev–Trinajstić information content (AvgIpc) is 3.09. The van der Waals surface area contributed by atoms with Crippen LogP contribution in [0.1, 0.15) is 39.4 Å². The molecule has 0 amide bonds. The van der Waals surface area contributed by atoms with Gasteiger partial charge < -0.3 is 19.5 Å². The topological polar surface area (TPSA) is 84.6 Å². The van der Waals surface area contributed by atoms with E-state index in [-0.39, 0.29) is 11.9 Å². The number of likely N-dealkylation sites (tertiary alicyclic amines) is 1. The fourth-order valence-electron chi connectivity index (χ4n) is 3.05. The number of aryl methyl sites for hydroxylation is 1. The smallest absolute Gasteiger partial charge is 0.310 e. The summed E-state index contributed by atoms with van der Waals surface area (Å²) in [6.45, 7) is 10.2. The second kappa shape index (κ2) is 10.0. The SMILES string of the molecule is CCNC(=NCCn1cnnc1CC)N1CCCC(C(=O)OCC)C1. The Morgan fingerprint density at radius 3 is 3.00 bits per heavy atom. The first kappa shape index (κ1) is 19.2. The molecule has 8 nitrogen and oxygen atoms in total. The summed E-state index contributed by atoms with van der Waals surface area (Å²) in [6, 6.07) is 0. The van der Waals surface area contributed by atoms with E-state index < -0.39 is 0 Å². The summed E-state index contributed by atoms with van der Waals surface area (Å²) in [6.07, 6.45) is 4.46. The number of aromatic nitrogens is 3. The zero-order chi connectivity index (χ0) is 18.1. The molecular weight excluding hydrogens is 320 g/mol. The Balaban J connectivity index is 1.97. The highest BCUT2D eigenvalue weighted by molar-refractivity contribution is 5.81. The number of carbonyl (C=O) groups excluding carboxylic acids is 1. The van der Waals surface area contributed by atoms with E-state index in [9.17, 15) is 4.79 Å². The van der Waals surface area contributed by atoms with Crippen molar-refractivity contribution in [1.82, 2.24) is 25.0 Å². The van der Waals surface area contributed by atoms with E-state index in [1.54, 1.807) is 6.33 Å². The molecule has 0 spiro atoms. The Hall–Kier alpha value is -2.12. The summed E-state index contributed by atoms with van der Waals surface area (Å²) in [7, 11) is 0. The highest BCUT2D eigenvalue weighted by Gasteiger charge is 2.28. The molecule has 0 aliphatic carbocycles. The Bertz CT molecular complexity index is 571. The zero-order valence-electron chi connectivity index (χ0n) is 15.6. The number of piperidine rings is 1. The Morgan fingerprint density at radius 1 is 1.44 bits per heavy atom. The predicted octanol–water partition coefficient (Wildman–Crippen LogP) is 1.08. The molecule has 25 heavy (non-hydrogen) atoms. The lowest BCUT2D eigenvalue weighted by Gasteiger charge is -2.34. The number of ether oxygens (including phenoxy) is 1. The molecule has 1 saturated heterocycles. The monoisotopic (exact) mass is 350 g/mol. The van der Waals surface area contributed by atoms with Crippen LogP contribution >= 0.6 is 0 Å². The largest absolute Gasteiger partial charge is 0.466 e. The van der Waals surface area contributed by atoms with Crippen LogP contribution in [0.2, 0.25) is 0 Å².